The highest BCUT2D eigenvalue weighted by molar-refractivity contribution is 4.85. The molecular formula is C15H30N2O. The predicted octanol–water partition coefficient (Wildman–Crippen LogP) is 2.12. The summed E-state index contributed by atoms with van der Waals surface area (Å²) in [6.07, 6.45) is 4.78. The van der Waals surface area contributed by atoms with Crippen molar-refractivity contribution in [3.63, 3.8) is 0 Å². The average Bonchev–Trinajstić information content (AvgIpc) is 2.79. The maximum atomic E-state index is 6.11. The Balaban J connectivity index is 1.59. The lowest BCUT2D eigenvalue weighted by molar-refractivity contribution is 0.0263. The van der Waals surface area contributed by atoms with Crippen LogP contribution in [0.4, 0.5) is 0 Å². The number of nitrogens with one attached hydrogen (secondary N) is 1. The monoisotopic (exact) mass is 254 g/mol. The molecule has 4 atom stereocenters. The summed E-state index contributed by atoms with van der Waals surface area (Å²) in [6.45, 7) is 10.1. The normalized spacial score (nSPS) is 35.7. The van der Waals surface area contributed by atoms with Gasteiger partial charge in [-0.25, -0.2) is 0 Å². The first-order chi connectivity index (χ1) is 8.54. The molecule has 2 rings (SSSR count). The molecule has 1 saturated heterocycles. The van der Waals surface area contributed by atoms with E-state index in [0.717, 1.165) is 24.9 Å². The first kappa shape index (κ1) is 14.3. The molecule has 0 amide bonds. The minimum Gasteiger partial charge on any atom is -0.372 e. The van der Waals surface area contributed by atoms with Gasteiger partial charge in [-0.1, -0.05) is 20.8 Å². The summed E-state index contributed by atoms with van der Waals surface area (Å²) in [4.78, 5) is 2.47. The highest BCUT2D eigenvalue weighted by Crippen LogP contribution is 2.38. The number of ether oxygens (including phenoxy) is 1. The molecule has 1 heterocycles. The summed E-state index contributed by atoms with van der Waals surface area (Å²) in [5, 5.41) is 3.47. The maximum Gasteiger partial charge on any atom is 0.0707 e. The van der Waals surface area contributed by atoms with Gasteiger partial charge in [0.1, 0.15) is 0 Å². The molecule has 18 heavy (non-hydrogen) atoms. The van der Waals surface area contributed by atoms with Crippen molar-refractivity contribution in [3.05, 3.63) is 0 Å². The third-order valence-corrected chi connectivity index (χ3v) is 4.29. The van der Waals surface area contributed by atoms with E-state index in [4.69, 9.17) is 4.74 Å². The largest absolute Gasteiger partial charge is 0.372 e. The quantitative estimate of drug-likeness (QED) is 0.753. The van der Waals surface area contributed by atoms with Crippen molar-refractivity contribution in [3.8, 4) is 0 Å². The van der Waals surface area contributed by atoms with Gasteiger partial charge in [0.25, 0.3) is 0 Å². The first-order valence-electron chi connectivity index (χ1n) is 7.62. The lowest BCUT2D eigenvalue weighted by Crippen LogP contribution is -2.34. The lowest BCUT2D eigenvalue weighted by Gasteiger charge is -2.22. The van der Waals surface area contributed by atoms with E-state index in [-0.39, 0.29) is 0 Å². The number of rotatable bonds is 7. The second-order valence-electron chi connectivity index (χ2n) is 6.71. The van der Waals surface area contributed by atoms with Crippen molar-refractivity contribution in [2.45, 2.75) is 58.3 Å². The molecule has 1 aliphatic carbocycles. The molecule has 0 radical (unpaired) electrons. The molecule has 3 nitrogen and oxygen atoms in total. The van der Waals surface area contributed by atoms with Gasteiger partial charge in [0.2, 0.25) is 0 Å². The van der Waals surface area contributed by atoms with Gasteiger partial charge in [0.05, 0.1) is 12.2 Å². The molecular weight excluding hydrogens is 224 g/mol. The number of hydrogen-bond donors (Lipinski definition) is 1. The summed E-state index contributed by atoms with van der Waals surface area (Å²) >= 11 is 0. The Labute approximate surface area is 112 Å². The van der Waals surface area contributed by atoms with Crippen molar-refractivity contribution in [1.82, 2.24) is 10.2 Å². The van der Waals surface area contributed by atoms with E-state index in [1.54, 1.807) is 0 Å². The van der Waals surface area contributed by atoms with Crippen molar-refractivity contribution in [2.24, 2.45) is 11.8 Å². The molecule has 106 valence electrons. The minimum absolute atomic E-state index is 0.436. The van der Waals surface area contributed by atoms with Crippen LogP contribution < -0.4 is 5.32 Å². The van der Waals surface area contributed by atoms with Crippen LogP contribution in [-0.2, 0) is 4.74 Å². The van der Waals surface area contributed by atoms with Crippen LogP contribution in [0.25, 0.3) is 0 Å². The Morgan fingerprint density at radius 2 is 1.89 bits per heavy atom. The van der Waals surface area contributed by atoms with E-state index in [0.29, 0.717) is 18.2 Å². The van der Waals surface area contributed by atoms with Crippen LogP contribution in [0.3, 0.4) is 0 Å². The standard InChI is InChI=1S/C15H30N2O/c1-11(2)16-8-14-5-6-15(18-14)10-17(4)9-13-7-12(13)3/h11-16H,5-10H2,1-4H3. The van der Waals surface area contributed by atoms with E-state index in [9.17, 15) is 0 Å². The SMILES string of the molecule is CC(C)NCC1CCC(CN(C)CC2CC2C)O1. The molecule has 0 aromatic rings. The highest BCUT2D eigenvalue weighted by Gasteiger charge is 2.34. The summed E-state index contributed by atoms with van der Waals surface area (Å²) in [5.41, 5.74) is 0. The lowest BCUT2D eigenvalue weighted by atomic mass is 10.2. The maximum absolute atomic E-state index is 6.11. The Morgan fingerprint density at radius 3 is 2.50 bits per heavy atom. The second-order valence-corrected chi connectivity index (χ2v) is 6.71. The second kappa shape index (κ2) is 6.36. The topological polar surface area (TPSA) is 24.5 Å². The Bertz CT molecular complexity index is 257. The van der Waals surface area contributed by atoms with Gasteiger partial charge < -0.3 is 15.0 Å². The molecule has 2 aliphatic rings. The van der Waals surface area contributed by atoms with Crippen LogP contribution in [0, 0.1) is 11.8 Å². The fourth-order valence-electron chi connectivity index (χ4n) is 2.91. The number of nitrogens with zero attached hydrogens (tertiary/aromatic N) is 1. The summed E-state index contributed by atoms with van der Waals surface area (Å²) in [6, 6.07) is 0.562. The van der Waals surface area contributed by atoms with Gasteiger partial charge in [-0.2, -0.15) is 0 Å². The highest BCUT2D eigenvalue weighted by atomic mass is 16.5. The third kappa shape index (κ3) is 4.52. The van der Waals surface area contributed by atoms with Crippen molar-refractivity contribution < 1.29 is 4.74 Å². The zero-order valence-corrected chi connectivity index (χ0v) is 12.5. The molecule has 3 heteroatoms. The minimum atomic E-state index is 0.436. The smallest absolute Gasteiger partial charge is 0.0707 e. The van der Waals surface area contributed by atoms with Crippen molar-refractivity contribution in [2.75, 3.05) is 26.7 Å². The van der Waals surface area contributed by atoms with Gasteiger partial charge in [0.15, 0.2) is 0 Å². The van der Waals surface area contributed by atoms with E-state index in [2.05, 4.69) is 38.0 Å². The van der Waals surface area contributed by atoms with Gasteiger partial charge >= 0.3 is 0 Å². The van der Waals surface area contributed by atoms with Gasteiger partial charge in [-0.3, -0.25) is 0 Å². The van der Waals surface area contributed by atoms with Crippen LogP contribution in [0.1, 0.15) is 40.0 Å². The number of hydrogen-bond acceptors (Lipinski definition) is 3. The molecule has 0 aromatic heterocycles. The molecule has 0 bridgehead atoms. The van der Waals surface area contributed by atoms with Crippen LogP contribution in [0.2, 0.25) is 0 Å². The molecule has 0 aromatic carbocycles. The molecule has 4 unspecified atom stereocenters. The van der Waals surface area contributed by atoms with Crippen LogP contribution in [-0.4, -0.2) is 49.8 Å². The van der Waals surface area contributed by atoms with E-state index >= 15 is 0 Å². The molecule has 2 fully saturated rings. The first-order valence-corrected chi connectivity index (χ1v) is 7.62. The van der Waals surface area contributed by atoms with Gasteiger partial charge in [-0.05, 0) is 38.1 Å². The van der Waals surface area contributed by atoms with E-state index in [1.165, 1.54) is 25.8 Å². The van der Waals surface area contributed by atoms with Crippen LogP contribution >= 0.6 is 0 Å². The molecule has 0 spiro atoms. The average molecular weight is 254 g/mol. The predicted molar refractivity (Wildman–Crippen MR) is 75.8 cm³/mol. The van der Waals surface area contributed by atoms with Crippen molar-refractivity contribution in [1.29, 1.82) is 0 Å². The zero-order chi connectivity index (χ0) is 13.1. The van der Waals surface area contributed by atoms with Crippen LogP contribution in [0.5, 0.6) is 0 Å². The summed E-state index contributed by atoms with van der Waals surface area (Å²) < 4.78 is 6.11. The van der Waals surface area contributed by atoms with Gasteiger partial charge in [-0.15, -0.1) is 0 Å². The summed E-state index contributed by atoms with van der Waals surface area (Å²) in [5.74, 6) is 1.91. The molecule has 1 aliphatic heterocycles. The Hall–Kier alpha value is -0.120. The Kier molecular flexibility index (Phi) is 5.05. The van der Waals surface area contributed by atoms with E-state index in [1.807, 2.05) is 0 Å². The molecule has 1 saturated carbocycles. The van der Waals surface area contributed by atoms with Crippen molar-refractivity contribution >= 4 is 0 Å². The summed E-state index contributed by atoms with van der Waals surface area (Å²) in [7, 11) is 2.24. The fraction of sp³-hybridized carbons (Fsp3) is 1.00. The van der Waals surface area contributed by atoms with Crippen LogP contribution in [0.15, 0.2) is 0 Å². The van der Waals surface area contributed by atoms with Gasteiger partial charge in [0, 0.05) is 25.7 Å². The molecule has 1 N–H and O–H groups in total. The zero-order valence-electron chi connectivity index (χ0n) is 12.5. The number of likely N-dealkylation sites (N-methyl/N-ethyl adjacent to an activating group) is 1. The third-order valence-electron chi connectivity index (χ3n) is 4.29. The Morgan fingerprint density at radius 1 is 1.22 bits per heavy atom. The van der Waals surface area contributed by atoms with E-state index < -0.39 is 0 Å². The fourth-order valence-corrected chi connectivity index (χ4v) is 2.91.